The van der Waals surface area contributed by atoms with Crippen molar-refractivity contribution in [1.29, 1.82) is 0 Å². The van der Waals surface area contributed by atoms with Crippen molar-refractivity contribution in [2.75, 3.05) is 18.5 Å². The fourth-order valence-electron chi connectivity index (χ4n) is 2.77. The third kappa shape index (κ3) is 7.18. The molecular formula is C18H29ClN2O3. The van der Waals surface area contributed by atoms with E-state index in [2.05, 4.69) is 5.32 Å². The lowest BCUT2D eigenvalue weighted by Gasteiger charge is -2.12. The number of carbonyl (C=O) groups excluding carboxylic acids is 1. The second-order valence-corrected chi connectivity index (χ2v) is 6.43. The Balaban J connectivity index is 0.00000288. The Kier molecular flexibility index (Phi) is 9.29. The predicted octanol–water partition coefficient (Wildman–Crippen LogP) is 3.12. The lowest BCUT2D eigenvalue weighted by Crippen LogP contribution is -2.23. The fraction of sp³-hybridized carbons (Fsp3) is 0.611. The molecule has 3 N–H and O–H groups in total. The Hall–Kier alpha value is -1.14. The van der Waals surface area contributed by atoms with E-state index in [0.717, 1.165) is 30.5 Å². The molecule has 1 fully saturated rings. The second-order valence-electron chi connectivity index (χ2n) is 6.43. The van der Waals surface area contributed by atoms with E-state index in [1.54, 1.807) is 0 Å². The van der Waals surface area contributed by atoms with Gasteiger partial charge in [0.05, 0.1) is 25.9 Å². The molecular weight excluding hydrogens is 328 g/mol. The van der Waals surface area contributed by atoms with Crippen molar-refractivity contribution in [1.82, 2.24) is 0 Å². The molecule has 5 nitrogen and oxygen atoms in total. The molecule has 1 saturated carbocycles. The lowest BCUT2D eigenvalue weighted by molar-refractivity contribution is -0.119. The maximum atomic E-state index is 12.2. The predicted molar refractivity (Wildman–Crippen MR) is 98.4 cm³/mol. The van der Waals surface area contributed by atoms with Crippen LogP contribution in [0.15, 0.2) is 24.3 Å². The molecule has 1 aromatic rings. The summed E-state index contributed by atoms with van der Waals surface area (Å²) in [4.78, 5) is 12.2. The van der Waals surface area contributed by atoms with E-state index in [0.29, 0.717) is 19.8 Å². The highest BCUT2D eigenvalue weighted by Crippen LogP contribution is 2.25. The van der Waals surface area contributed by atoms with Crippen molar-refractivity contribution in [3.8, 4) is 0 Å². The van der Waals surface area contributed by atoms with Crippen LogP contribution >= 0.6 is 12.4 Å². The Morgan fingerprint density at radius 2 is 2.12 bits per heavy atom. The Labute approximate surface area is 150 Å². The zero-order chi connectivity index (χ0) is 16.7. The minimum Gasteiger partial charge on any atom is -0.376 e. The molecule has 2 rings (SSSR count). The first-order chi connectivity index (χ1) is 11.0. The first kappa shape index (κ1) is 20.9. The number of amides is 1. The van der Waals surface area contributed by atoms with Gasteiger partial charge in [-0.1, -0.05) is 12.1 Å². The van der Waals surface area contributed by atoms with Gasteiger partial charge in [-0.2, -0.15) is 0 Å². The molecule has 0 aliphatic heterocycles. The van der Waals surface area contributed by atoms with Crippen molar-refractivity contribution in [2.24, 2.45) is 11.7 Å². The number of rotatable bonds is 8. The van der Waals surface area contributed by atoms with Crippen molar-refractivity contribution in [2.45, 2.75) is 51.9 Å². The maximum Gasteiger partial charge on any atom is 0.227 e. The first-order valence-electron chi connectivity index (χ1n) is 8.39. The average Bonchev–Trinajstić information content (AvgIpc) is 2.94. The first-order valence-corrected chi connectivity index (χ1v) is 8.39. The molecule has 1 aliphatic carbocycles. The number of benzene rings is 1. The quantitative estimate of drug-likeness (QED) is 0.702. The summed E-state index contributed by atoms with van der Waals surface area (Å²) in [5, 5.41) is 2.99. The summed E-state index contributed by atoms with van der Waals surface area (Å²) in [5.74, 6) is 0.111. The molecule has 0 saturated heterocycles. The van der Waals surface area contributed by atoms with E-state index in [1.165, 1.54) is 0 Å². The van der Waals surface area contributed by atoms with Gasteiger partial charge in [0.15, 0.2) is 0 Å². The average molecular weight is 357 g/mol. The maximum absolute atomic E-state index is 12.2. The number of ether oxygens (including phenoxy) is 2. The SMILES string of the molecule is CC(C)OCCOCc1cccc(NC(=O)C2CCC(N)C2)c1.Cl. The molecule has 2 atom stereocenters. The van der Waals surface area contributed by atoms with Crippen LogP contribution in [0.3, 0.4) is 0 Å². The van der Waals surface area contributed by atoms with E-state index < -0.39 is 0 Å². The zero-order valence-electron chi connectivity index (χ0n) is 14.5. The number of hydrogen-bond acceptors (Lipinski definition) is 4. The molecule has 24 heavy (non-hydrogen) atoms. The van der Waals surface area contributed by atoms with Gasteiger partial charge in [0, 0.05) is 17.6 Å². The van der Waals surface area contributed by atoms with Crippen molar-refractivity contribution in [3.63, 3.8) is 0 Å². The molecule has 1 amide bonds. The van der Waals surface area contributed by atoms with Gasteiger partial charge in [-0.05, 0) is 50.8 Å². The summed E-state index contributed by atoms with van der Waals surface area (Å²) >= 11 is 0. The van der Waals surface area contributed by atoms with Crippen LogP contribution in [0.2, 0.25) is 0 Å². The van der Waals surface area contributed by atoms with Crippen LogP contribution in [-0.2, 0) is 20.9 Å². The van der Waals surface area contributed by atoms with E-state index >= 15 is 0 Å². The van der Waals surface area contributed by atoms with Gasteiger partial charge in [-0.15, -0.1) is 12.4 Å². The molecule has 0 spiro atoms. The normalized spacial score (nSPS) is 20.0. The highest BCUT2D eigenvalue weighted by Gasteiger charge is 2.27. The highest BCUT2D eigenvalue weighted by atomic mass is 35.5. The van der Waals surface area contributed by atoms with Crippen LogP contribution in [0.1, 0.15) is 38.7 Å². The number of nitrogens with two attached hydrogens (primary N) is 1. The summed E-state index contributed by atoms with van der Waals surface area (Å²) < 4.78 is 11.0. The molecule has 6 heteroatoms. The van der Waals surface area contributed by atoms with Gasteiger partial charge in [-0.25, -0.2) is 0 Å². The molecule has 0 heterocycles. The van der Waals surface area contributed by atoms with Crippen LogP contribution in [0, 0.1) is 5.92 Å². The molecule has 1 aromatic carbocycles. The summed E-state index contributed by atoms with van der Waals surface area (Å²) in [6, 6.07) is 7.94. The van der Waals surface area contributed by atoms with E-state index in [9.17, 15) is 4.79 Å². The van der Waals surface area contributed by atoms with E-state index in [1.807, 2.05) is 38.1 Å². The molecule has 136 valence electrons. The van der Waals surface area contributed by atoms with Crippen LogP contribution in [0.4, 0.5) is 5.69 Å². The second kappa shape index (κ2) is 10.7. The van der Waals surface area contributed by atoms with Crippen LogP contribution in [-0.4, -0.2) is 31.3 Å². The van der Waals surface area contributed by atoms with Gasteiger partial charge in [-0.3, -0.25) is 4.79 Å². The number of nitrogens with one attached hydrogen (secondary N) is 1. The van der Waals surface area contributed by atoms with Crippen LogP contribution in [0.5, 0.6) is 0 Å². The van der Waals surface area contributed by atoms with Gasteiger partial charge >= 0.3 is 0 Å². The standard InChI is InChI=1S/C18H28N2O3.ClH/c1-13(2)23-9-8-22-12-14-4-3-5-17(10-14)20-18(21)15-6-7-16(19)11-15;/h3-5,10,13,15-16H,6-9,11-12,19H2,1-2H3,(H,20,21);1H. The van der Waals surface area contributed by atoms with E-state index in [4.69, 9.17) is 15.2 Å². The number of hydrogen-bond donors (Lipinski definition) is 2. The number of carbonyl (C=O) groups is 1. The van der Waals surface area contributed by atoms with Gasteiger partial charge < -0.3 is 20.5 Å². The van der Waals surface area contributed by atoms with Crippen molar-refractivity contribution < 1.29 is 14.3 Å². The Bertz CT molecular complexity index is 511. The number of halogens is 1. The lowest BCUT2D eigenvalue weighted by atomic mass is 10.1. The smallest absolute Gasteiger partial charge is 0.227 e. The summed E-state index contributed by atoms with van der Waals surface area (Å²) in [5.41, 5.74) is 7.72. The minimum atomic E-state index is 0. The van der Waals surface area contributed by atoms with Gasteiger partial charge in [0.2, 0.25) is 5.91 Å². The molecule has 0 radical (unpaired) electrons. The monoisotopic (exact) mass is 356 g/mol. The Morgan fingerprint density at radius 3 is 2.79 bits per heavy atom. The molecule has 2 unspecified atom stereocenters. The molecule has 0 bridgehead atoms. The van der Waals surface area contributed by atoms with Crippen LogP contribution < -0.4 is 11.1 Å². The molecule has 1 aliphatic rings. The van der Waals surface area contributed by atoms with Crippen molar-refractivity contribution >= 4 is 24.0 Å². The zero-order valence-corrected chi connectivity index (χ0v) is 15.3. The third-order valence-corrected chi connectivity index (χ3v) is 3.99. The fourth-order valence-corrected chi connectivity index (χ4v) is 2.77. The Morgan fingerprint density at radius 1 is 1.33 bits per heavy atom. The summed E-state index contributed by atoms with van der Waals surface area (Å²) in [6.45, 7) is 5.68. The topological polar surface area (TPSA) is 73.6 Å². The van der Waals surface area contributed by atoms with Crippen LogP contribution in [0.25, 0.3) is 0 Å². The highest BCUT2D eigenvalue weighted by molar-refractivity contribution is 5.92. The molecule has 0 aromatic heterocycles. The summed E-state index contributed by atoms with van der Waals surface area (Å²) in [6.07, 6.45) is 2.82. The van der Waals surface area contributed by atoms with Gasteiger partial charge in [0.1, 0.15) is 0 Å². The van der Waals surface area contributed by atoms with Crippen molar-refractivity contribution in [3.05, 3.63) is 29.8 Å². The largest absolute Gasteiger partial charge is 0.376 e. The summed E-state index contributed by atoms with van der Waals surface area (Å²) in [7, 11) is 0. The third-order valence-electron chi connectivity index (χ3n) is 3.99. The minimum absolute atomic E-state index is 0. The van der Waals surface area contributed by atoms with Gasteiger partial charge in [0.25, 0.3) is 0 Å². The van der Waals surface area contributed by atoms with E-state index in [-0.39, 0.29) is 36.4 Å². The number of anilines is 1.